The molecule has 0 spiro atoms. The van der Waals surface area contributed by atoms with Gasteiger partial charge in [-0.25, -0.2) is 0 Å². The van der Waals surface area contributed by atoms with E-state index in [9.17, 15) is 9.59 Å². The number of aryl methyl sites for hydroxylation is 2. The molecule has 1 aliphatic rings. The molecule has 2 heterocycles. The number of amides is 2. The van der Waals surface area contributed by atoms with Crippen molar-refractivity contribution in [2.24, 2.45) is 5.41 Å². The van der Waals surface area contributed by atoms with Gasteiger partial charge in [0.15, 0.2) is 0 Å². The van der Waals surface area contributed by atoms with E-state index in [1.54, 1.807) is 0 Å². The van der Waals surface area contributed by atoms with E-state index in [1.165, 1.54) is 0 Å². The van der Waals surface area contributed by atoms with Crippen LogP contribution in [-0.4, -0.2) is 40.8 Å². The van der Waals surface area contributed by atoms with Crippen molar-refractivity contribution in [1.82, 2.24) is 15.2 Å². The highest BCUT2D eigenvalue weighted by Crippen LogP contribution is 2.23. The third-order valence-corrected chi connectivity index (χ3v) is 4.63. The number of para-hydroxylation sites is 1. The molecule has 0 saturated carbocycles. The fraction of sp³-hybridized carbons (Fsp3) is 0.476. The highest BCUT2D eigenvalue weighted by molar-refractivity contribution is 6.07. The Morgan fingerprint density at radius 2 is 2.04 bits per heavy atom. The second-order valence-electron chi connectivity index (χ2n) is 8.49. The first kappa shape index (κ1) is 18.4. The first-order valence-electron chi connectivity index (χ1n) is 9.10. The smallest absolute Gasteiger partial charge is 0.252 e. The Labute approximate surface area is 154 Å². The van der Waals surface area contributed by atoms with Gasteiger partial charge in [-0.15, -0.1) is 0 Å². The van der Waals surface area contributed by atoms with E-state index >= 15 is 0 Å². The topological polar surface area (TPSA) is 62.3 Å². The zero-order valence-electron chi connectivity index (χ0n) is 16.2. The van der Waals surface area contributed by atoms with Crippen LogP contribution >= 0.6 is 0 Å². The Hall–Kier alpha value is -2.43. The molecule has 5 nitrogen and oxygen atoms in total. The summed E-state index contributed by atoms with van der Waals surface area (Å²) in [5.74, 6) is -0.0293. The zero-order valence-corrected chi connectivity index (χ0v) is 16.2. The van der Waals surface area contributed by atoms with Crippen molar-refractivity contribution in [3.8, 4) is 0 Å². The molecule has 26 heavy (non-hydrogen) atoms. The molecule has 0 unspecified atom stereocenters. The highest BCUT2D eigenvalue weighted by atomic mass is 16.2. The molecule has 3 rings (SSSR count). The van der Waals surface area contributed by atoms with Crippen LogP contribution in [0.4, 0.5) is 0 Å². The minimum Gasteiger partial charge on any atom is -0.347 e. The van der Waals surface area contributed by atoms with Gasteiger partial charge in [-0.2, -0.15) is 0 Å². The van der Waals surface area contributed by atoms with Crippen LogP contribution in [0, 0.1) is 19.3 Å². The van der Waals surface area contributed by atoms with Gasteiger partial charge >= 0.3 is 0 Å². The number of carbonyl (C=O) groups is 2. The summed E-state index contributed by atoms with van der Waals surface area (Å²) >= 11 is 0. The van der Waals surface area contributed by atoms with Crippen LogP contribution in [0.15, 0.2) is 24.3 Å². The fourth-order valence-electron chi connectivity index (χ4n) is 3.57. The maximum Gasteiger partial charge on any atom is 0.252 e. The molecule has 2 aromatic rings. The van der Waals surface area contributed by atoms with Crippen molar-refractivity contribution in [2.45, 2.75) is 47.1 Å². The molecule has 1 aromatic carbocycles. The monoisotopic (exact) mass is 353 g/mol. The van der Waals surface area contributed by atoms with E-state index in [1.807, 2.05) is 43.0 Å². The van der Waals surface area contributed by atoms with Gasteiger partial charge < -0.3 is 10.2 Å². The third-order valence-electron chi connectivity index (χ3n) is 4.63. The number of nitrogens with one attached hydrogen (secondary N) is 1. The van der Waals surface area contributed by atoms with Crippen LogP contribution in [0.25, 0.3) is 10.9 Å². The number of fused-ring (bicyclic) bond motifs is 1. The molecule has 1 saturated heterocycles. The van der Waals surface area contributed by atoms with Crippen molar-refractivity contribution >= 4 is 22.7 Å². The molecule has 2 amide bonds. The van der Waals surface area contributed by atoms with Gasteiger partial charge in [0.05, 0.1) is 17.1 Å². The number of hydrogen-bond acceptors (Lipinski definition) is 3. The number of benzene rings is 1. The predicted octanol–water partition coefficient (Wildman–Crippen LogP) is 3.23. The van der Waals surface area contributed by atoms with Gasteiger partial charge in [-0.05, 0) is 30.9 Å². The first-order chi connectivity index (χ1) is 12.1. The Balaban J connectivity index is 1.80. The minimum absolute atomic E-state index is 0.0461. The van der Waals surface area contributed by atoms with Gasteiger partial charge in [-0.1, -0.05) is 39.0 Å². The molecule has 0 radical (unpaired) electrons. The van der Waals surface area contributed by atoms with Gasteiger partial charge in [-0.3, -0.25) is 14.6 Å². The lowest BCUT2D eigenvalue weighted by Crippen LogP contribution is -2.39. The maximum absolute atomic E-state index is 12.9. The largest absolute Gasteiger partial charge is 0.347 e. The fourth-order valence-corrected chi connectivity index (χ4v) is 3.57. The molecular weight excluding hydrogens is 326 g/mol. The molecule has 0 bridgehead atoms. The van der Waals surface area contributed by atoms with Crippen molar-refractivity contribution in [3.05, 3.63) is 41.1 Å². The lowest BCUT2D eigenvalue weighted by Gasteiger charge is -2.26. The third kappa shape index (κ3) is 3.87. The normalized spacial score (nSPS) is 17.8. The number of nitrogens with zero attached hydrogens (tertiary/aromatic N) is 2. The number of hydrogen-bond donors (Lipinski definition) is 1. The average molecular weight is 353 g/mol. The molecule has 1 N–H and O–H groups in total. The molecule has 1 atom stereocenters. The summed E-state index contributed by atoms with van der Waals surface area (Å²) in [5.41, 5.74) is 3.39. The Morgan fingerprint density at radius 1 is 1.31 bits per heavy atom. The van der Waals surface area contributed by atoms with E-state index in [0.29, 0.717) is 25.1 Å². The summed E-state index contributed by atoms with van der Waals surface area (Å²) in [4.78, 5) is 31.6. The van der Waals surface area contributed by atoms with Crippen molar-refractivity contribution in [3.63, 3.8) is 0 Å². The van der Waals surface area contributed by atoms with Crippen molar-refractivity contribution in [2.75, 3.05) is 13.1 Å². The van der Waals surface area contributed by atoms with E-state index in [0.717, 1.165) is 22.2 Å². The molecule has 1 aliphatic heterocycles. The van der Waals surface area contributed by atoms with Crippen LogP contribution in [0.2, 0.25) is 0 Å². The summed E-state index contributed by atoms with van der Waals surface area (Å²) in [6.07, 6.45) is 0.364. The maximum atomic E-state index is 12.9. The number of carbonyl (C=O) groups excluding carboxylic acids is 2. The van der Waals surface area contributed by atoms with Crippen molar-refractivity contribution < 1.29 is 9.59 Å². The number of pyridine rings is 1. The second-order valence-corrected chi connectivity index (χ2v) is 8.49. The molecule has 0 aliphatic carbocycles. The van der Waals surface area contributed by atoms with Gasteiger partial charge in [0.25, 0.3) is 5.91 Å². The summed E-state index contributed by atoms with van der Waals surface area (Å²) in [5, 5.41) is 3.90. The first-order valence-corrected chi connectivity index (χ1v) is 9.10. The van der Waals surface area contributed by atoms with Crippen LogP contribution in [0.1, 0.15) is 48.8 Å². The van der Waals surface area contributed by atoms with E-state index in [2.05, 4.69) is 31.1 Å². The summed E-state index contributed by atoms with van der Waals surface area (Å²) < 4.78 is 0. The van der Waals surface area contributed by atoms with E-state index in [-0.39, 0.29) is 23.3 Å². The Morgan fingerprint density at radius 3 is 2.73 bits per heavy atom. The summed E-state index contributed by atoms with van der Waals surface area (Å²) in [6, 6.07) is 7.54. The molecular formula is C21H27N3O2. The van der Waals surface area contributed by atoms with Crippen LogP contribution in [0.3, 0.4) is 0 Å². The van der Waals surface area contributed by atoms with Gasteiger partial charge in [0.2, 0.25) is 5.91 Å². The predicted molar refractivity (Wildman–Crippen MR) is 103 cm³/mol. The second kappa shape index (κ2) is 6.71. The quantitative estimate of drug-likeness (QED) is 0.921. The zero-order chi connectivity index (χ0) is 19.1. The van der Waals surface area contributed by atoms with Crippen LogP contribution in [0.5, 0.6) is 0 Å². The highest BCUT2D eigenvalue weighted by Gasteiger charge is 2.33. The molecule has 1 aromatic heterocycles. The lowest BCUT2D eigenvalue weighted by atomic mass is 9.96. The van der Waals surface area contributed by atoms with Gasteiger partial charge in [0, 0.05) is 30.6 Å². The molecule has 5 heteroatoms. The van der Waals surface area contributed by atoms with Crippen LogP contribution < -0.4 is 5.32 Å². The number of rotatable bonds is 3. The Kier molecular flexibility index (Phi) is 4.74. The number of likely N-dealkylation sites (tertiary alicyclic amines) is 1. The van der Waals surface area contributed by atoms with Crippen molar-refractivity contribution in [1.29, 1.82) is 0 Å². The summed E-state index contributed by atoms with van der Waals surface area (Å²) in [6.45, 7) is 11.5. The Bertz CT molecular complexity index is 867. The van der Waals surface area contributed by atoms with Crippen LogP contribution in [-0.2, 0) is 4.79 Å². The average Bonchev–Trinajstić information content (AvgIpc) is 2.85. The SMILES string of the molecule is Cc1cc(C(=O)N[C@@H]2CC(=O)N(CC(C)(C)C)C2)c2cccc(C)c2n1. The lowest BCUT2D eigenvalue weighted by molar-refractivity contribution is -0.128. The molecule has 1 fully saturated rings. The standard InChI is InChI=1S/C21H27N3O2/c1-13-7-6-8-16-17(9-14(2)22-19(13)16)20(26)23-15-10-18(25)24(11-15)12-21(3,4)5/h6-9,15H,10-12H2,1-5H3,(H,23,26)/t15-/m1/s1. The molecule has 138 valence electrons. The van der Waals surface area contributed by atoms with E-state index in [4.69, 9.17) is 0 Å². The van der Waals surface area contributed by atoms with E-state index < -0.39 is 0 Å². The summed E-state index contributed by atoms with van der Waals surface area (Å²) in [7, 11) is 0. The number of aromatic nitrogens is 1. The minimum atomic E-state index is -0.148. The van der Waals surface area contributed by atoms with Gasteiger partial charge in [0.1, 0.15) is 0 Å².